The zero-order valence-corrected chi connectivity index (χ0v) is 11.1. The van der Waals surface area contributed by atoms with Crippen LogP contribution in [0.1, 0.15) is 37.4 Å². The minimum Gasteiger partial charge on any atom is -0.466 e. The third-order valence-electron chi connectivity index (χ3n) is 2.71. The van der Waals surface area contributed by atoms with Gasteiger partial charge in [0.1, 0.15) is 5.82 Å². The van der Waals surface area contributed by atoms with Crippen molar-refractivity contribution in [2.75, 3.05) is 13.2 Å². The van der Waals surface area contributed by atoms with Gasteiger partial charge >= 0.3 is 5.97 Å². The number of rotatable bonds is 6. The number of halogens is 1. The van der Waals surface area contributed by atoms with E-state index in [1.165, 1.54) is 6.07 Å². The van der Waals surface area contributed by atoms with E-state index in [1.54, 1.807) is 26.0 Å². The zero-order chi connectivity index (χ0) is 13.5. The van der Waals surface area contributed by atoms with Crippen molar-refractivity contribution < 1.29 is 13.9 Å². The van der Waals surface area contributed by atoms with Gasteiger partial charge in [-0.2, -0.15) is 0 Å². The number of hydrogen-bond donors (Lipinski definition) is 1. The first-order valence-electron chi connectivity index (χ1n) is 6.23. The number of hydrogen-bond acceptors (Lipinski definition) is 3. The van der Waals surface area contributed by atoms with Crippen molar-refractivity contribution in [3.8, 4) is 0 Å². The molecule has 0 spiro atoms. The number of nitrogens with one attached hydrogen (secondary N) is 1. The van der Waals surface area contributed by atoms with Crippen LogP contribution >= 0.6 is 0 Å². The molecular formula is C14H20FNO2. The fourth-order valence-corrected chi connectivity index (χ4v) is 1.83. The summed E-state index contributed by atoms with van der Waals surface area (Å²) in [5, 5.41) is 3.21. The number of benzene rings is 1. The van der Waals surface area contributed by atoms with E-state index in [1.807, 2.05) is 6.92 Å². The molecule has 0 fully saturated rings. The third kappa shape index (κ3) is 4.11. The van der Waals surface area contributed by atoms with Crippen molar-refractivity contribution in [1.29, 1.82) is 0 Å². The number of ether oxygens (including phenoxy) is 1. The summed E-state index contributed by atoms with van der Waals surface area (Å²) in [6.07, 6.45) is 0.257. The highest BCUT2D eigenvalue weighted by Crippen LogP contribution is 2.20. The number of esters is 1. The van der Waals surface area contributed by atoms with Crippen LogP contribution in [-0.2, 0) is 9.53 Å². The lowest BCUT2D eigenvalue weighted by atomic mass is 10.0. The highest BCUT2D eigenvalue weighted by molar-refractivity contribution is 5.70. The molecule has 100 valence electrons. The fourth-order valence-electron chi connectivity index (χ4n) is 1.83. The van der Waals surface area contributed by atoms with Gasteiger partial charge in [-0.15, -0.1) is 0 Å². The molecular weight excluding hydrogens is 233 g/mol. The van der Waals surface area contributed by atoms with Gasteiger partial charge in [0.15, 0.2) is 0 Å². The van der Waals surface area contributed by atoms with E-state index >= 15 is 0 Å². The number of aryl methyl sites for hydroxylation is 1. The van der Waals surface area contributed by atoms with Crippen LogP contribution in [0.3, 0.4) is 0 Å². The van der Waals surface area contributed by atoms with Crippen LogP contribution in [-0.4, -0.2) is 19.1 Å². The lowest BCUT2D eigenvalue weighted by Gasteiger charge is -2.18. The predicted molar refractivity (Wildman–Crippen MR) is 68.8 cm³/mol. The maximum absolute atomic E-state index is 13.2. The van der Waals surface area contributed by atoms with Crippen LogP contribution in [0.2, 0.25) is 0 Å². The van der Waals surface area contributed by atoms with Crippen molar-refractivity contribution in [2.24, 2.45) is 0 Å². The van der Waals surface area contributed by atoms with E-state index in [-0.39, 0.29) is 24.2 Å². The molecule has 1 unspecified atom stereocenters. The van der Waals surface area contributed by atoms with Crippen molar-refractivity contribution >= 4 is 5.97 Å². The predicted octanol–water partition coefficient (Wildman–Crippen LogP) is 2.74. The van der Waals surface area contributed by atoms with E-state index in [2.05, 4.69) is 5.32 Å². The average Bonchev–Trinajstić information content (AvgIpc) is 2.32. The second-order valence-electron chi connectivity index (χ2n) is 4.13. The lowest BCUT2D eigenvalue weighted by molar-refractivity contribution is -0.143. The van der Waals surface area contributed by atoms with E-state index in [4.69, 9.17) is 4.74 Å². The molecule has 0 saturated heterocycles. The summed E-state index contributed by atoms with van der Waals surface area (Å²) in [5.74, 6) is -0.476. The van der Waals surface area contributed by atoms with Gasteiger partial charge in [-0.1, -0.05) is 19.1 Å². The Morgan fingerprint density at radius 1 is 1.44 bits per heavy atom. The van der Waals surface area contributed by atoms with Gasteiger partial charge < -0.3 is 10.1 Å². The highest BCUT2D eigenvalue weighted by Gasteiger charge is 2.16. The molecule has 1 rings (SSSR count). The lowest BCUT2D eigenvalue weighted by Crippen LogP contribution is -2.24. The Kier molecular flexibility index (Phi) is 5.78. The van der Waals surface area contributed by atoms with Crippen LogP contribution in [0, 0.1) is 12.7 Å². The fraction of sp³-hybridized carbons (Fsp3) is 0.500. The Morgan fingerprint density at radius 2 is 2.17 bits per heavy atom. The van der Waals surface area contributed by atoms with Gasteiger partial charge in [-0.25, -0.2) is 4.39 Å². The molecule has 1 aromatic rings. The number of carbonyl (C=O) groups is 1. The summed E-state index contributed by atoms with van der Waals surface area (Å²) < 4.78 is 18.2. The summed E-state index contributed by atoms with van der Waals surface area (Å²) in [4.78, 5) is 11.5. The molecule has 0 aliphatic carbocycles. The monoisotopic (exact) mass is 253 g/mol. The summed E-state index contributed by atoms with van der Waals surface area (Å²) in [7, 11) is 0. The Hall–Kier alpha value is -1.42. The topological polar surface area (TPSA) is 38.3 Å². The Bertz CT molecular complexity index is 407. The van der Waals surface area contributed by atoms with E-state index < -0.39 is 0 Å². The molecule has 0 heterocycles. The van der Waals surface area contributed by atoms with Crippen LogP contribution in [0.5, 0.6) is 0 Å². The molecule has 0 amide bonds. The summed E-state index contributed by atoms with van der Waals surface area (Å²) in [5.41, 5.74) is 1.49. The maximum atomic E-state index is 13.2. The van der Waals surface area contributed by atoms with Crippen LogP contribution in [0.4, 0.5) is 4.39 Å². The van der Waals surface area contributed by atoms with Gasteiger partial charge in [0.05, 0.1) is 13.0 Å². The smallest absolute Gasteiger partial charge is 0.307 e. The molecule has 0 bridgehead atoms. The molecule has 1 N–H and O–H groups in total. The SMILES string of the molecule is CCNC(CC(=O)OCC)c1ccc(F)c(C)c1. The summed E-state index contributed by atoms with van der Waals surface area (Å²) in [6, 6.07) is 4.77. The molecule has 0 aliphatic heterocycles. The van der Waals surface area contributed by atoms with Gasteiger partial charge in [0.25, 0.3) is 0 Å². The standard InChI is InChI=1S/C14H20FNO2/c1-4-16-13(9-14(17)18-5-2)11-6-7-12(15)10(3)8-11/h6-8,13,16H,4-5,9H2,1-3H3. The van der Waals surface area contributed by atoms with Crippen LogP contribution in [0.25, 0.3) is 0 Å². The Morgan fingerprint density at radius 3 is 2.72 bits per heavy atom. The van der Waals surface area contributed by atoms with Gasteiger partial charge in [-0.05, 0) is 37.6 Å². The molecule has 4 heteroatoms. The Labute approximate surface area is 107 Å². The minimum absolute atomic E-state index is 0.131. The minimum atomic E-state index is -0.245. The van der Waals surface area contributed by atoms with Gasteiger partial charge in [0, 0.05) is 6.04 Å². The van der Waals surface area contributed by atoms with Crippen LogP contribution in [0.15, 0.2) is 18.2 Å². The largest absolute Gasteiger partial charge is 0.466 e. The second kappa shape index (κ2) is 7.11. The zero-order valence-electron chi connectivity index (χ0n) is 11.1. The van der Waals surface area contributed by atoms with E-state index in [9.17, 15) is 9.18 Å². The number of carbonyl (C=O) groups excluding carboxylic acids is 1. The molecule has 3 nitrogen and oxygen atoms in total. The van der Waals surface area contributed by atoms with Gasteiger partial charge in [0.2, 0.25) is 0 Å². The molecule has 0 aromatic heterocycles. The molecule has 0 saturated carbocycles. The highest BCUT2D eigenvalue weighted by atomic mass is 19.1. The second-order valence-corrected chi connectivity index (χ2v) is 4.13. The van der Waals surface area contributed by atoms with E-state index in [0.29, 0.717) is 12.2 Å². The molecule has 0 aliphatic rings. The Balaban J connectivity index is 2.82. The van der Waals surface area contributed by atoms with E-state index in [0.717, 1.165) is 12.1 Å². The maximum Gasteiger partial charge on any atom is 0.307 e. The molecule has 0 radical (unpaired) electrons. The van der Waals surface area contributed by atoms with Crippen molar-refractivity contribution in [3.63, 3.8) is 0 Å². The average molecular weight is 253 g/mol. The van der Waals surface area contributed by atoms with Crippen molar-refractivity contribution in [3.05, 3.63) is 35.1 Å². The molecule has 1 atom stereocenters. The molecule has 1 aromatic carbocycles. The summed E-state index contributed by atoms with van der Waals surface area (Å²) >= 11 is 0. The normalized spacial score (nSPS) is 12.2. The van der Waals surface area contributed by atoms with Crippen molar-refractivity contribution in [2.45, 2.75) is 33.2 Å². The first-order chi connectivity index (χ1) is 8.58. The summed E-state index contributed by atoms with van der Waals surface area (Å²) in [6.45, 7) is 6.57. The van der Waals surface area contributed by atoms with Crippen molar-refractivity contribution in [1.82, 2.24) is 5.32 Å². The quantitative estimate of drug-likeness (QED) is 0.792. The van der Waals surface area contributed by atoms with Crippen LogP contribution < -0.4 is 5.32 Å². The first kappa shape index (κ1) is 14.6. The molecule has 18 heavy (non-hydrogen) atoms. The first-order valence-corrected chi connectivity index (χ1v) is 6.23. The van der Waals surface area contributed by atoms with Gasteiger partial charge in [-0.3, -0.25) is 4.79 Å². The third-order valence-corrected chi connectivity index (χ3v) is 2.71.